The molecular formula is C27H28FN5O6S. The monoisotopic (exact) mass is 569 g/mol. The summed E-state index contributed by atoms with van der Waals surface area (Å²) in [6.07, 6.45) is -1.23. The predicted octanol–water partition coefficient (Wildman–Crippen LogP) is 3.69. The number of hydrogen-bond acceptors (Lipinski definition) is 8. The van der Waals surface area contributed by atoms with E-state index in [0.717, 1.165) is 16.7 Å². The molecule has 6 bridgehead atoms. The van der Waals surface area contributed by atoms with E-state index in [1.807, 2.05) is 32.0 Å². The van der Waals surface area contributed by atoms with Gasteiger partial charge in [-0.15, -0.1) is 0 Å². The Kier molecular flexibility index (Phi) is 7.57. The lowest BCUT2D eigenvalue weighted by Gasteiger charge is -2.36. The third-order valence-corrected chi connectivity index (χ3v) is 8.03. The molecule has 2 aliphatic heterocycles. The van der Waals surface area contributed by atoms with Crippen LogP contribution in [0.1, 0.15) is 17.5 Å². The Morgan fingerprint density at radius 3 is 2.62 bits per heavy atom. The topological polar surface area (TPSA) is 140 Å². The van der Waals surface area contributed by atoms with E-state index < -0.39 is 47.3 Å². The summed E-state index contributed by atoms with van der Waals surface area (Å²) in [5.41, 5.74) is 3.30. The number of nitrogens with zero attached hydrogens (tertiary/aromatic N) is 3. The summed E-state index contributed by atoms with van der Waals surface area (Å²) in [7, 11) is -4.13. The summed E-state index contributed by atoms with van der Waals surface area (Å²) in [5.74, 6) is -1.30. The van der Waals surface area contributed by atoms with Crippen LogP contribution in [0.4, 0.5) is 20.8 Å². The van der Waals surface area contributed by atoms with E-state index in [4.69, 9.17) is 9.47 Å². The first-order valence-electron chi connectivity index (χ1n) is 12.7. The van der Waals surface area contributed by atoms with Gasteiger partial charge in [-0.3, -0.25) is 4.79 Å². The molecule has 3 heterocycles. The lowest BCUT2D eigenvalue weighted by atomic mass is 9.95. The van der Waals surface area contributed by atoms with Gasteiger partial charge < -0.3 is 19.7 Å². The number of amides is 2. The minimum atomic E-state index is -4.13. The molecule has 0 radical (unpaired) electrons. The summed E-state index contributed by atoms with van der Waals surface area (Å²) >= 11 is 0. The first kappa shape index (κ1) is 27.3. The van der Waals surface area contributed by atoms with E-state index in [1.54, 1.807) is 12.1 Å². The largest absolute Gasteiger partial charge is 0.472 e. The number of aryl methyl sites for hydroxylation is 2. The second-order valence-corrected chi connectivity index (χ2v) is 11.4. The van der Waals surface area contributed by atoms with Gasteiger partial charge >= 0.3 is 6.09 Å². The number of halogens is 1. The molecule has 0 aliphatic carbocycles. The molecule has 40 heavy (non-hydrogen) atoms. The van der Waals surface area contributed by atoms with Gasteiger partial charge in [0.05, 0.1) is 23.1 Å². The fourth-order valence-corrected chi connectivity index (χ4v) is 5.90. The zero-order valence-corrected chi connectivity index (χ0v) is 22.7. The van der Waals surface area contributed by atoms with E-state index in [1.165, 1.54) is 23.1 Å². The highest BCUT2D eigenvalue weighted by Gasteiger charge is 2.36. The Hall–Kier alpha value is -4.26. The van der Waals surface area contributed by atoms with Gasteiger partial charge in [-0.1, -0.05) is 24.3 Å². The number of carbonyl (C=O) groups is 2. The normalized spacial score (nSPS) is 19.9. The molecule has 2 aliphatic rings. The number of ether oxygens (including phenoxy) is 2. The van der Waals surface area contributed by atoms with Gasteiger partial charge in [-0.25, -0.2) is 27.3 Å². The fourth-order valence-electron chi connectivity index (χ4n) is 4.91. The SMILES string of the molecule is Cc1cccc(C)c1-c1cc2nc(n1)NS(=O)(=O)c1cccc(c1)NC(=O)[C@@H]1C[C@@H](CN(C(=O)OCCF)C1)O2. The lowest BCUT2D eigenvalue weighted by molar-refractivity contribution is -0.122. The third kappa shape index (κ3) is 5.83. The molecule has 2 aromatic carbocycles. The predicted molar refractivity (Wildman–Crippen MR) is 144 cm³/mol. The highest BCUT2D eigenvalue weighted by molar-refractivity contribution is 7.92. The van der Waals surface area contributed by atoms with Gasteiger partial charge in [-0.05, 0) is 49.6 Å². The Balaban J connectivity index is 1.62. The van der Waals surface area contributed by atoms with Crippen LogP contribution >= 0.6 is 0 Å². The number of aromatic nitrogens is 2. The smallest absolute Gasteiger partial charge is 0.409 e. The van der Waals surface area contributed by atoms with E-state index in [-0.39, 0.29) is 41.9 Å². The first-order chi connectivity index (χ1) is 19.1. The molecule has 11 nitrogen and oxygen atoms in total. The number of hydrogen-bond donors (Lipinski definition) is 2. The van der Waals surface area contributed by atoms with Gasteiger partial charge in [0, 0.05) is 23.9 Å². The molecule has 2 N–H and O–H groups in total. The molecule has 3 aromatic rings. The van der Waals surface area contributed by atoms with Crippen LogP contribution in [0.25, 0.3) is 11.3 Å². The van der Waals surface area contributed by atoms with Gasteiger partial charge in [0.1, 0.15) is 19.4 Å². The zero-order valence-electron chi connectivity index (χ0n) is 21.9. The number of likely N-dealkylation sites (tertiary alicyclic amines) is 1. The number of piperidine rings is 1. The second kappa shape index (κ2) is 11.1. The van der Waals surface area contributed by atoms with Crippen molar-refractivity contribution >= 4 is 33.7 Å². The van der Waals surface area contributed by atoms with Crippen LogP contribution in [0.15, 0.2) is 53.4 Å². The van der Waals surface area contributed by atoms with Crippen LogP contribution in [0, 0.1) is 19.8 Å². The van der Waals surface area contributed by atoms with Crippen molar-refractivity contribution < 1.29 is 31.9 Å². The van der Waals surface area contributed by atoms with E-state index >= 15 is 0 Å². The highest BCUT2D eigenvalue weighted by Crippen LogP contribution is 2.31. The van der Waals surface area contributed by atoms with Gasteiger partial charge in [0.15, 0.2) is 0 Å². The zero-order chi connectivity index (χ0) is 28.4. The molecule has 1 aromatic heterocycles. The summed E-state index contributed by atoms with van der Waals surface area (Å²) in [4.78, 5) is 35.9. The van der Waals surface area contributed by atoms with Crippen molar-refractivity contribution in [3.8, 4) is 17.1 Å². The molecule has 1 fully saturated rings. The fraction of sp³-hybridized carbons (Fsp3) is 0.333. The molecule has 5 rings (SSSR count). The molecular weight excluding hydrogens is 541 g/mol. The Bertz CT molecular complexity index is 1550. The summed E-state index contributed by atoms with van der Waals surface area (Å²) < 4.78 is 52.8. The van der Waals surface area contributed by atoms with Crippen LogP contribution < -0.4 is 14.8 Å². The average molecular weight is 570 g/mol. The number of sulfonamides is 1. The van der Waals surface area contributed by atoms with Gasteiger partial charge in [-0.2, -0.15) is 4.98 Å². The minimum absolute atomic E-state index is 0.0129. The molecule has 210 valence electrons. The van der Waals surface area contributed by atoms with Crippen molar-refractivity contribution in [2.45, 2.75) is 31.3 Å². The summed E-state index contributed by atoms with van der Waals surface area (Å²) in [5, 5.41) is 2.73. The Morgan fingerprint density at radius 1 is 1.12 bits per heavy atom. The molecule has 1 saturated heterocycles. The average Bonchev–Trinajstić information content (AvgIpc) is 2.91. The number of fused-ring (bicyclic) bond motifs is 6. The van der Waals surface area contributed by atoms with E-state index in [9.17, 15) is 22.4 Å². The minimum Gasteiger partial charge on any atom is -0.472 e. The maximum absolute atomic E-state index is 13.3. The number of nitrogens with one attached hydrogen (secondary N) is 2. The first-order valence-corrected chi connectivity index (χ1v) is 14.1. The number of carbonyl (C=O) groups excluding carboxylic acids is 2. The van der Waals surface area contributed by atoms with E-state index in [0.29, 0.717) is 5.69 Å². The van der Waals surface area contributed by atoms with Crippen molar-refractivity contribution in [1.82, 2.24) is 14.9 Å². The van der Waals surface area contributed by atoms with Gasteiger partial charge in [0.2, 0.25) is 17.7 Å². The molecule has 2 atom stereocenters. The maximum atomic E-state index is 13.3. The van der Waals surface area contributed by atoms with Crippen LogP contribution in [-0.4, -0.2) is 67.8 Å². The number of rotatable bonds is 3. The van der Waals surface area contributed by atoms with Crippen LogP contribution in [-0.2, 0) is 19.6 Å². The standard InChI is InChI=1S/C27H28FN5O6S/c1-16-5-3-6-17(2)24(16)22-13-23-31-26(30-22)32-40(36,37)21-8-4-7-19(12-21)29-25(34)18-11-20(39-23)15-33(14-18)27(35)38-10-9-28/h3-8,12-13,18,20H,9-11,14-15H2,1-2H3,(H,29,34)(H,30,31,32)/t18-,20+/m1/s1. The maximum Gasteiger partial charge on any atom is 0.409 e. The molecule has 2 amide bonds. The molecule has 0 saturated carbocycles. The lowest BCUT2D eigenvalue weighted by Crippen LogP contribution is -2.51. The number of benzene rings is 2. The van der Waals surface area contributed by atoms with Gasteiger partial charge in [0.25, 0.3) is 10.0 Å². The van der Waals surface area contributed by atoms with E-state index in [2.05, 4.69) is 20.0 Å². The quantitative estimate of drug-likeness (QED) is 0.487. The molecule has 0 unspecified atom stereocenters. The van der Waals surface area contributed by atoms with Crippen molar-refractivity contribution in [2.24, 2.45) is 5.92 Å². The number of anilines is 2. The van der Waals surface area contributed by atoms with Crippen molar-refractivity contribution in [3.05, 3.63) is 59.7 Å². The summed E-state index contributed by atoms with van der Waals surface area (Å²) in [6.45, 7) is 2.65. The third-order valence-electron chi connectivity index (χ3n) is 6.71. The molecule has 13 heteroatoms. The van der Waals surface area contributed by atoms with Crippen molar-refractivity contribution in [2.75, 3.05) is 36.4 Å². The highest BCUT2D eigenvalue weighted by atomic mass is 32.2. The van der Waals surface area contributed by atoms with Crippen LogP contribution in [0.5, 0.6) is 5.88 Å². The van der Waals surface area contributed by atoms with Crippen LogP contribution in [0.2, 0.25) is 0 Å². The van der Waals surface area contributed by atoms with Crippen molar-refractivity contribution in [1.29, 1.82) is 0 Å². The Labute approximate surface area is 230 Å². The Morgan fingerprint density at radius 2 is 1.88 bits per heavy atom. The van der Waals surface area contributed by atoms with Crippen molar-refractivity contribution in [3.63, 3.8) is 0 Å². The van der Waals surface area contributed by atoms with Crippen LogP contribution in [0.3, 0.4) is 0 Å². The molecule has 0 spiro atoms. The summed E-state index contributed by atoms with van der Waals surface area (Å²) in [6, 6.07) is 13.1. The number of alkyl halides is 1. The second-order valence-electron chi connectivity index (χ2n) is 9.69.